The second-order valence-electron chi connectivity index (χ2n) is 4.90. The highest BCUT2D eigenvalue weighted by Crippen LogP contribution is 2.41. The van der Waals surface area contributed by atoms with Gasteiger partial charge in [-0.1, -0.05) is 12.2 Å². The van der Waals surface area contributed by atoms with Gasteiger partial charge in [0.1, 0.15) is 11.6 Å². The second-order valence-corrected chi connectivity index (χ2v) is 4.90. The number of hydrogen-bond acceptors (Lipinski definition) is 2. The molecule has 1 saturated carbocycles. The maximum absolute atomic E-state index is 11.9. The highest BCUT2D eigenvalue weighted by atomic mass is 16.1. The van der Waals surface area contributed by atoms with Crippen LogP contribution < -0.4 is 0 Å². The molecule has 0 spiro atoms. The topological polar surface area (TPSA) is 34.1 Å². The fourth-order valence-corrected chi connectivity index (χ4v) is 2.79. The molecule has 82 valence electrons. The summed E-state index contributed by atoms with van der Waals surface area (Å²) in [6, 6.07) is 0. The molecular formula is C13H18O2. The SMILES string of the molecule is CC(=O)CCC(=O)[C@H]1C[C@H]2C=C[C@H]1CC2. The Bertz CT molecular complexity index is 304. The number of carbonyl (C=O) groups excluding carboxylic acids is 2. The van der Waals surface area contributed by atoms with Gasteiger partial charge >= 0.3 is 0 Å². The van der Waals surface area contributed by atoms with Gasteiger partial charge in [-0.2, -0.15) is 0 Å². The van der Waals surface area contributed by atoms with Gasteiger partial charge in [0.25, 0.3) is 0 Å². The Hall–Kier alpha value is -0.920. The lowest BCUT2D eigenvalue weighted by molar-refractivity contribution is -0.128. The molecule has 0 aromatic heterocycles. The quantitative estimate of drug-likeness (QED) is 0.662. The van der Waals surface area contributed by atoms with E-state index in [-0.39, 0.29) is 11.7 Å². The summed E-state index contributed by atoms with van der Waals surface area (Å²) in [5.41, 5.74) is 0. The van der Waals surface area contributed by atoms with Crippen LogP contribution in [0.25, 0.3) is 0 Å². The summed E-state index contributed by atoms with van der Waals surface area (Å²) in [6.45, 7) is 1.56. The summed E-state index contributed by atoms with van der Waals surface area (Å²) >= 11 is 0. The minimum absolute atomic E-state index is 0.125. The molecule has 0 aromatic carbocycles. The monoisotopic (exact) mass is 206 g/mol. The van der Waals surface area contributed by atoms with Gasteiger partial charge in [-0.25, -0.2) is 0 Å². The zero-order chi connectivity index (χ0) is 10.8. The number of allylic oxidation sites excluding steroid dienone is 2. The van der Waals surface area contributed by atoms with Crippen LogP contribution in [0, 0.1) is 17.8 Å². The smallest absolute Gasteiger partial charge is 0.137 e. The van der Waals surface area contributed by atoms with Crippen LogP contribution in [0.15, 0.2) is 12.2 Å². The van der Waals surface area contributed by atoms with Crippen molar-refractivity contribution in [2.75, 3.05) is 0 Å². The van der Waals surface area contributed by atoms with Gasteiger partial charge in [0.2, 0.25) is 0 Å². The van der Waals surface area contributed by atoms with Crippen molar-refractivity contribution in [1.29, 1.82) is 0 Å². The first-order valence-electron chi connectivity index (χ1n) is 5.87. The summed E-state index contributed by atoms with van der Waals surface area (Å²) < 4.78 is 0. The summed E-state index contributed by atoms with van der Waals surface area (Å²) in [6.07, 6.45) is 8.80. The number of Topliss-reactive ketones (excluding diaryl/α,β-unsaturated/α-hetero) is 2. The van der Waals surface area contributed by atoms with Crippen molar-refractivity contribution in [3.63, 3.8) is 0 Å². The van der Waals surface area contributed by atoms with Gasteiger partial charge < -0.3 is 4.79 Å². The van der Waals surface area contributed by atoms with Crippen LogP contribution in [0.3, 0.4) is 0 Å². The van der Waals surface area contributed by atoms with E-state index < -0.39 is 0 Å². The van der Waals surface area contributed by atoms with E-state index in [1.54, 1.807) is 6.92 Å². The standard InChI is InChI=1S/C13H18O2/c1-9(14)2-7-13(15)12-8-10-3-5-11(12)6-4-10/h3,5,10-12H,2,4,6-8H2,1H3/t10-,11-,12-/m0/s1. The molecule has 0 aliphatic heterocycles. The molecule has 0 N–H and O–H groups in total. The van der Waals surface area contributed by atoms with E-state index in [0.717, 1.165) is 12.8 Å². The van der Waals surface area contributed by atoms with Crippen LogP contribution in [0.5, 0.6) is 0 Å². The normalized spacial score (nSPS) is 33.0. The first-order chi connectivity index (χ1) is 7.16. The highest BCUT2D eigenvalue weighted by molar-refractivity contribution is 5.86. The fraction of sp³-hybridized carbons (Fsp3) is 0.692. The average Bonchev–Trinajstić information content (AvgIpc) is 2.27. The predicted molar refractivity (Wildman–Crippen MR) is 58.4 cm³/mol. The minimum Gasteiger partial charge on any atom is -0.300 e. The molecule has 3 aliphatic carbocycles. The molecule has 1 fully saturated rings. The summed E-state index contributed by atoms with van der Waals surface area (Å²) in [5.74, 6) is 1.74. The lowest BCUT2D eigenvalue weighted by Gasteiger charge is -2.37. The maximum atomic E-state index is 11.9. The molecule has 15 heavy (non-hydrogen) atoms. The number of hydrogen-bond donors (Lipinski definition) is 0. The third kappa shape index (κ3) is 2.36. The van der Waals surface area contributed by atoms with Crippen molar-refractivity contribution in [1.82, 2.24) is 0 Å². The molecule has 3 rings (SSSR count). The van der Waals surface area contributed by atoms with E-state index in [2.05, 4.69) is 12.2 Å². The van der Waals surface area contributed by atoms with Crippen molar-refractivity contribution in [2.24, 2.45) is 17.8 Å². The molecule has 2 bridgehead atoms. The van der Waals surface area contributed by atoms with Gasteiger partial charge in [-0.3, -0.25) is 4.79 Å². The number of fused-ring (bicyclic) bond motifs is 2. The van der Waals surface area contributed by atoms with E-state index >= 15 is 0 Å². The van der Waals surface area contributed by atoms with E-state index in [1.807, 2.05) is 0 Å². The van der Waals surface area contributed by atoms with E-state index in [1.165, 1.54) is 6.42 Å². The van der Waals surface area contributed by atoms with E-state index in [0.29, 0.717) is 30.5 Å². The summed E-state index contributed by atoms with van der Waals surface area (Å²) in [5, 5.41) is 0. The van der Waals surface area contributed by atoms with Gasteiger partial charge in [-0.15, -0.1) is 0 Å². The van der Waals surface area contributed by atoms with Crippen LogP contribution in [0.1, 0.15) is 39.0 Å². The van der Waals surface area contributed by atoms with Crippen molar-refractivity contribution in [3.05, 3.63) is 12.2 Å². The lowest BCUT2D eigenvalue weighted by atomic mass is 9.67. The molecule has 0 saturated heterocycles. The maximum Gasteiger partial charge on any atom is 0.137 e. The van der Waals surface area contributed by atoms with Gasteiger partial charge in [0, 0.05) is 18.8 Å². The first kappa shape index (κ1) is 10.6. The van der Waals surface area contributed by atoms with Crippen LogP contribution in [-0.4, -0.2) is 11.6 Å². The predicted octanol–water partition coefficient (Wildman–Crippen LogP) is 2.53. The Morgan fingerprint density at radius 2 is 2.00 bits per heavy atom. The zero-order valence-electron chi connectivity index (χ0n) is 9.24. The molecular weight excluding hydrogens is 188 g/mol. The molecule has 0 heterocycles. The Kier molecular flexibility index (Phi) is 3.03. The van der Waals surface area contributed by atoms with E-state index in [9.17, 15) is 9.59 Å². The number of ketones is 2. The molecule has 0 aromatic rings. The van der Waals surface area contributed by atoms with Crippen molar-refractivity contribution >= 4 is 11.6 Å². The van der Waals surface area contributed by atoms with Crippen LogP contribution >= 0.6 is 0 Å². The molecule has 3 atom stereocenters. The first-order valence-corrected chi connectivity index (χ1v) is 5.87. The van der Waals surface area contributed by atoms with Crippen molar-refractivity contribution in [2.45, 2.75) is 39.0 Å². The largest absolute Gasteiger partial charge is 0.300 e. The lowest BCUT2D eigenvalue weighted by Crippen LogP contribution is -2.32. The van der Waals surface area contributed by atoms with Crippen LogP contribution in [0.2, 0.25) is 0 Å². The summed E-state index contributed by atoms with van der Waals surface area (Å²) in [4.78, 5) is 22.7. The Balaban J connectivity index is 1.91. The molecule has 0 unspecified atom stereocenters. The van der Waals surface area contributed by atoms with Gasteiger partial charge in [0.15, 0.2) is 0 Å². The molecule has 2 heteroatoms. The Morgan fingerprint density at radius 3 is 2.47 bits per heavy atom. The zero-order valence-corrected chi connectivity index (χ0v) is 9.24. The molecule has 2 nitrogen and oxygen atoms in total. The third-order valence-corrected chi connectivity index (χ3v) is 3.71. The van der Waals surface area contributed by atoms with Crippen molar-refractivity contribution in [3.8, 4) is 0 Å². The Labute approximate surface area is 90.7 Å². The second kappa shape index (κ2) is 4.30. The fourth-order valence-electron chi connectivity index (χ4n) is 2.79. The minimum atomic E-state index is 0.125. The highest BCUT2D eigenvalue weighted by Gasteiger charge is 2.35. The Morgan fingerprint density at radius 1 is 1.20 bits per heavy atom. The van der Waals surface area contributed by atoms with Gasteiger partial charge in [-0.05, 0) is 38.0 Å². The van der Waals surface area contributed by atoms with E-state index in [4.69, 9.17) is 0 Å². The van der Waals surface area contributed by atoms with Crippen LogP contribution in [0.4, 0.5) is 0 Å². The number of rotatable bonds is 4. The summed E-state index contributed by atoms with van der Waals surface area (Å²) in [7, 11) is 0. The molecule has 3 aliphatic rings. The van der Waals surface area contributed by atoms with Crippen molar-refractivity contribution < 1.29 is 9.59 Å². The molecule has 0 radical (unpaired) electrons. The molecule has 0 amide bonds. The van der Waals surface area contributed by atoms with Gasteiger partial charge in [0.05, 0.1) is 0 Å². The average molecular weight is 206 g/mol. The third-order valence-electron chi connectivity index (χ3n) is 3.71. The number of carbonyl (C=O) groups is 2. The van der Waals surface area contributed by atoms with Crippen LogP contribution in [-0.2, 0) is 9.59 Å².